The standard InChI is InChI=1S/C28H35FO3.C3H6O.C3H6.H2O/c1-3-5-22-30-28-17-10-14-24(12-4-2)13-8-6-7-9-16-27(28)26-20-18-25(19-21-26)15-11-23-31-32-29;1-2-3-4;1-3-2;/h6-10,13-14,16-21H,3-5,11-12,15,22-23H2,1-2H3;2,4H,1,3H2;3H,1H2,2H3;1H2/b7-6+,8-6?,9-7?,13-8-,14-10?,16-9-,17-10+,24-13?,24-14-,27-16?,28-17?,28-27-;;;. The minimum atomic E-state index is 0. The van der Waals surface area contributed by atoms with Crippen molar-refractivity contribution in [2.75, 3.05) is 19.8 Å². The molecular formula is C34H49FO5. The second-order valence-corrected chi connectivity index (χ2v) is 8.50. The molecule has 2 rings (SSSR count). The summed E-state index contributed by atoms with van der Waals surface area (Å²) in [4.78, 5) is 4.30. The normalized spacial score (nSPS) is 18.7. The molecule has 0 aromatic heterocycles. The number of unbranched alkanes of at least 4 members (excludes halogenated alkanes) is 1. The zero-order chi connectivity index (χ0) is 29.0. The highest BCUT2D eigenvalue weighted by Crippen LogP contribution is 2.24. The first-order valence-corrected chi connectivity index (χ1v) is 13.7. The molecule has 0 bridgehead atoms. The van der Waals surface area contributed by atoms with Gasteiger partial charge in [0.05, 0.1) is 19.8 Å². The van der Waals surface area contributed by atoms with Crippen LogP contribution in [0.3, 0.4) is 0 Å². The molecule has 0 heterocycles. The molecule has 0 fully saturated rings. The van der Waals surface area contributed by atoms with E-state index in [4.69, 9.17) is 9.84 Å². The number of ether oxygens (including phenoxy) is 1. The van der Waals surface area contributed by atoms with Crippen LogP contribution in [0.1, 0.15) is 64.0 Å². The van der Waals surface area contributed by atoms with E-state index in [9.17, 15) is 4.53 Å². The van der Waals surface area contributed by atoms with Gasteiger partial charge in [-0.1, -0.05) is 112 Å². The lowest BCUT2D eigenvalue weighted by Crippen LogP contribution is -1.98. The summed E-state index contributed by atoms with van der Waals surface area (Å²) in [6.45, 7) is 13.8. The molecule has 1 aliphatic rings. The van der Waals surface area contributed by atoms with Crippen LogP contribution in [0.2, 0.25) is 0 Å². The lowest BCUT2D eigenvalue weighted by Gasteiger charge is -2.13. The van der Waals surface area contributed by atoms with E-state index in [0.717, 1.165) is 54.6 Å². The third-order valence-corrected chi connectivity index (χ3v) is 5.16. The fourth-order valence-corrected chi connectivity index (χ4v) is 3.31. The summed E-state index contributed by atoms with van der Waals surface area (Å²) in [5.74, 6) is 0.862. The minimum Gasteiger partial charge on any atom is -0.493 e. The maximum absolute atomic E-state index is 11.6. The Balaban J connectivity index is 0. The van der Waals surface area contributed by atoms with E-state index in [1.54, 1.807) is 6.08 Å². The van der Waals surface area contributed by atoms with Crippen molar-refractivity contribution in [2.45, 2.75) is 59.3 Å². The van der Waals surface area contributed by atoms with Gasteiger partial charge in [0.15, 0.2) is 0 Å². The summed E-state index contributed by atoms with van der Waals surface area (Å²) in [7, 11) is 0. The van der Waals surface area contributed by atoms with Gasteiger partial charge in [0, 0.05) is 5.57 Å². The first-order valence-electron chi connectivity index (χ1n) is 13.7. The molecule has 0 spiro atoms. The number of aliphatic hydroxyl groups is 1. The van der Waals surface area contributed by atoms with Gasteiger partial charge in [0.25, 0.3) is 0 Å². The Morgan fingerprint density at radius 1 is 0.850 bits per heavy atom. The Hall–Kier alpha value is -3.29. The Morgan fingerprint density at radius 3 is 2.08 bits per heavy atom. The van der Waals surface area contributed by atoms with Crippen LogP contribution in [0.4, 0.5) is 4.53 Å². The topological polar surface area (TPSA) is 79.4 Å². The lowest BCUT2D eigenvalue weighted by atomic mass is 10.00. The van der Waals surface area contributed by atoms with Gasteiger partial charge in [-0.25, -0.2) is 4.89 Å². The average molecular weight is 557 g/mol. The molecule has 0 radical (unpaired) electrons. The van der Waals surface area contributed by atoms with Crippen LogP contribution in [0, 0.1) is 0 Å². The van der Waals surface area contributed by atoms with E-state index >= 15 is 0 Å². The van der Waals surface area contributed by atoms with Crippen LogP contribution in [0.15, 0.2) is 116 Å². The highest BCUT2D eigenvalue weighted by atomic mass is 19.3. The zero-order valence-corrected chi connectivity index (χ0v) is 24.5. The smallest absolute Gasteiger partial charge is 0.127 e. The van der Waals surface area contributed by atoms with Gasteiger partial charge in [-0.2, -0.15) is 0 Å². The molecular weight excluding hydrogens is 507 g/mol. The van der Waals surface area contributed by atoms with Crippen molar-refractivity contribution in [3.63, 3.8) is 0 Å². The van der Waals surface area contributed by atoms with Crippen LogP contribution in [-0.2, 0) is 21.1 Å². The number of benzene rings is 1. The Labute approximate surface area is 241 Å². The number of rotatable bonds is 13. The van der Waals surface area contributed by atoms with Crippen molar-refractivity contribution < 1.29 is 29.8 Å². The summed E-state index contributed by atoms with van der Waals surface area (Å²) < 4.78 is 17.8. The highest BCUT2D eigenvalue weighted by Gasteiger charge is 2.07. The van der Waals surface area contributed by atoms with E-state index in [1.165, 1.54) is 11.6 Å². The highest BCUT2D eigenvalue weighted by molar-refractivity contribution is 5.77. The quantitative estimate of drug-likeness (QED) is 0.114. The van der Waals surface area contributed by atoms with E-state index in [-0.39, 0.29) is 18.7 Å². The largest absolute Gasteiger partial charge is 0.493 e. The van der Waals surface area contributed by atoms with Gasteiger partial charge in [0.2, 0.25) is 0 Å². The first-order chi connectivity index (χ1) is 19.1. The third-order valence-electron chi connectivity index (χ3n) is 5.16. The van der Waals surface area contributed by atoms with Gasteiger partial charge < -0.3 is 15.3 Å². The number of aryl methyl sites for hydroxylation is 1. The zero-order valence-electron chi connectivity index (χ0n) is 24.5. The second-order valence-electron chi connectivity index (χ2n) is 8.50. The summed E-state index contributed by atoms with van der Waals surface area (Å²) in [6, 6.07) is 8.39. The Morgan fingerprint density at radius 2 is 1.50 bits per heavy atom. The van der Waals surface area contributed by atoms with Gasteiger partial charge in [0.1, 0.15) is 5.76 Å². The molecule has 5 nitrogen and oxygen atoms in total. The van der Waals surface area contributed by atoms with E-state index in [1.807, 2.05) is 25.2 Å². The predicted molar refractivity (Wildman–Crippen MR) is 167 cm³/mol. The van der Waals surface area contributed by atoms with Crippen molar-refractivity contribution in [3.05, 3.63) is 127 Å². The molecule has 222 valence electrons. The Bertz CT molecular complexity index is 953. The number of allylic oxidation sites excluding steroid dienone is 12. The molecule has 40 heavy (non-hydrogen) atoms. The van der Waals surface area contributed by atoms with E-state index in [2.05, 4.69) is 97.7 Å². The molecule has 0 aliphatic heterocycles. The maximum atomic E-state index is 11.6. The molecule has 0 atom stereocenters. The first kappa shape index (κ1) is 38.9. The third kappa shape index (κ3) is 19.7. The second kappa shape index (κ2) is 28.7. The summed E-state index contributed by atoms with van der Waals surface area (Å²) in [5, 5.41) is 10.9. The average Bonchev–Trinajstić information content (AvgIpc) is 2.94. The van der Waals surface area contributed by atoms with Crippen LogP contribution in [0.25, 0.3) is 5.57 Å². The molecule has 1 aromatic rings. The van der Waals surface area contributed by atoms with Crippen molar-refractivity contribution >= 4 is 5.57 Å². The SMILES string of the molecule is C=CC.C=CCO.CCCCOC1=C(c2ccc(CCCOOF)cc2)/C=C\C=C\C=C/C(CCC)=C\C=C\1.O. The molecule has 0 saturated heterocycles. The molecule has 0 saturated carbocycles. The van der Waals surface area contributed by atoms with Crippen molar-refractivity contribution in [1.82, 2.24) is 0 Å². The predicted octanol–water partition coefficient (Wildman–Crippen LogP) is 8.48. The molecule has 0 amide bonds. The minimum absolute atomic E-state index is 0. The van der Waals surface area contributed by atoms with Gasteiger partial charge >= 0.3 is 0 Å². The summed E-state index contributed by atoms with van der Waals surface area (Å²) >= 11 is 0. The molecule has 1 aliphatic carbocycles. The molecule has 3 N–H and O–H groups in total. The lowest BCUT2D eigenvalue weighted by molar-refractivity contribution is -0.429. The number of hydrogen-bond donors (Lipinski definition) is 1. The maximum Gasteiger partial charge on any atom is 0.127 e. The Kier molecular flexibility index (Phi) is 27.9. The van der Waals surface area contributed by atoms with Crippen LogP contribution >= 0.6 is 0 Å². The van der Waals surface area contributed by atoms with Crippen molar-refractivity contribution in [3.8, 4) is 0 Å². The fraction of sp³-hybridized carbons (Fsp3) is 0.353. The summed E-state index contributed by atoms with van der Waals surface area (Å²) in [5.41, 5.74) is 4.58. The van der Waals surface area contributed by atoms with E-state index < -0.39 is 0 Å². The monoisotopic (exact) mass is 556 g/mol. The molecule has 1 aromatic carbocycles. The van der Waals surface area contributed by atoms with Crippen LogP contribution in [0.5, 0.6) is 0 Å². The van der Waals surface area contributed by atoms with E-state index in [0.29, 0.717) is 13.0 Å². The van der Waals surface area contributed by atoms with Gasteiger partial charge in [-0.15, -0.1) is 13.2 Å². The molecule has 0 unspecified atom stereocenters. The number of hydrogen-bond acceptors (Lipinski definition) is 4. The van der Waals surface area contributed by atoms with Crippen LogP contribution < -0.4 is 0 Å². The number of halogens is 1. The molecule has 6 heteroatoms. The number of aliphatic hydroxyl groups excluding tert-OH is 1. The van der Waals surface area contributed by atoms with Crippen molar-refractivity contribution in [1.29, 1.82) is 0 Å². The van der Waals surface area contributed by atoms with Gasteiger partial charge in [-0.05, 0) is 65.0 Å². The van der Waals surface area contributed by atoms with Crippen LogP contribution in [-0.4, -0.2) is 30.4 Å². The summed E-state index contributed by atoms with van der Waals surface area (Å²) in [6.07, 6.45) is 27.7. The van der Waals surface area contributed by atoms with Gasteiger partial charge in [-0.3, -0.25) is 0 Å². The fourth-order valence-electron chi connectivity index (χ4n) is 3.31. The van der Waals surface area contributed by atoms with Crippen molar-refractivity contribution in [2.24, 2.45) is 0 Å².